The van der Waals surface area contributed by atoms with Gasteiger partial charge in [0.05, 0.1) is 6.10 Å². The van der Waals surface area contributed by atoms with Crippen LogP contribution in [0.25, 0.3) is 0 Å². The minimum atomic E-state index is -0.260. The van der Waals surface area contributed by atoms with Crippen LogP contribution in [0, 0.1) is 5.82 Å². The van der Waals surface area contributed by atoms with E-state index in [1.165, 1.54) is 6.07 Å². The smallest absolute Gasteiger partial charge is 0.123 e. The molecule has 1 aromatic carbocycles. The molecule has 0 bridgehead atoms. The van der Waals surface area contributed by atoms with Crippen LogP contribution in [-0.2, 0) is 0 Å². The maximum absolute atomic E-state index is 13.4. The lowest BCUT2D eigenvalue weighted by Crippen LogP contribution is -2.29. The van der Waals surface area contributed by atoms with Gasteiger partial charge in [-0.25, -0.2) is 4.39 Å². The lowest BCUT2D eigenvalue weighted by molar-refractivity contribution is 0.163. The number of rotatable bonds is 10. The molecule has 0 saturated carbocycles. The second-order valence-electron chi connectivity index (χ2n) is 5.79. The first-order valence-corrected chi connectivity index (χ1v) is 7.88. The maximum Gasteiger partial charge on any atom is 0.123 e. The van der Waals surface area contributed by atoms with Gasteiger partial charge >= 0.3 is 0 Å². The quantitative estimate of drug-likeness (QED) is 0.697. The van der Waals surface area contributed by atoms with Crippen molar-refractivity contribution in [2.45, 2.75) is 45.3 Å². The van der Waals surface area contributed by atoms with Crippen molar-refractivity contribution in [3.63, 3.8) is 0 Å². The second-order valence-corrected chi connectivity index (χ2v) is 5.79. The van der Waals surface area contributed by atoms with Crippen LogP contribution < -0.4 is 5.32 Å². The number of nitrogens with one attached hydrogen (secondary N) is 1. The zero-order chi connectivity index (χ0) is 15.7. The lowest BCUT2D eigenvalue weighted by Gasteiger charge is -2.23. The second kappa shape index (κ2) is 9.87. The molecule has 0 amide bonds. The fraction of sp³-hybridized carbons (Fsp3) is 0.647. The third-order valence-corrected chi connectivity index (χ3v) is 3.62. The fourth-order valence-electron chi connectivity index (χ4n) is 2.30. The van der Waals surface area contributed by atoms with Gasteiger partial charge in [0.1, 0.15) is 5.82 Å². The number of nitrogens with zero attached hydrogens (tertiary/aromatic N) is 1. The van der Waals surface area contributed by atoms with E-state index in [2.05, 4.69) is 24.2 Å². The van der Waals surface area contributed by atoms with Crippen molar-refractivity contribution in [1.82, 2.24) is 10.2 Å². The Kier molecular flexibility index (Phi) is 8.50. The minimum Gasteiger partial charge on any atom is -0.393 e. The largest absolute Gasteiger partial charge is 0.393 e. The molecule has 0 aliphatic rings. The summed E-state index contributed by atoms with van der Waals surface area (Å²) in [6.07, 6.45) is 2.51. The molecule has 1 rings (SSSR count). The minimum absolute atomic E-state index is 0.176. The monoisotopic (exact) mass is 296 g/mol. The Morgan fingerprint density at radius 2 is 2.00 bits per heavy atom. The predicted molar refractivity (Wildman–Crippen MR) is 85.8 cm³/mol. The van der Waals surface area contributed by atoms with Gasteiger partial charge in [0.25, 0.3) is 0 Å². The first-order chi connectivity index (χ1) is 10.0. The van der Waals surface area contributed by atoms with Gasteiger partial charge < -0.3 is 15.3 Å². The number of aliphatic hydroxyl groups is 1. The predicted octanol–water partition coefficient (Wildman–Crippen LogP) is 2.96. The Labute approximate surface area is 128 Å². The van der Waals surface area contributed by atoms with Crippen LogP contribution in [-0.4, -0.2) is 42.8 Å². The summed E-state index contributed by atoms with van der Waals surface area (Å²) in [7, 11) is 2.06. The maximum atomic E-state index is 13.4. The summed E-state index contributed by atoms with van der Waals surface area (Å²) in [4.78, 5) is 2.21. The van der Waals surface area contributed by atoms with E-state index >= 15 is 0 Å². The molecule has 0 aromatic heterocycles. The lowest BCUT2D eigenvalue weighted by atomic mass is 10.0. The van der Waals surface area contributed by atoms with E-state index < -0.39 is 0 Å². The first-order valence-electron chi connectivity index (χ1n) is 7.88. The van der Waals surface area contributed by atoms with Crippen molar-refractivity contribution in [2.75, 3.05) is 26.7 Å². The summed E-state index contributed by atoms with van der Waals surface area (Å²) >= 11 is 0. The van der Waals surface area contributed by atoms with Gasteiger partial charge in [0.2, 0.25) is 0 Å². The van der Waals surface area contributed by atoms with Crippen LogP contribution in [0.2, 0.25) is 0 Å². The molecule has 2 N–H and O–H groups in total. The van der Waals surface area contributed by atoms with Crippen molar-refractivity contribution in [1.29, 1.82) is 0 Å². The summed E-state index contributed by atoms with van der Waals surface area (Å²) in [5.41, 5.74) is 1.01. The summed E-state index contributed by atoms with van der Waals surface area (Å²) in [5, 5.41) is 12.8. The van der Waals surface area contributed by atoms with Crippen molar-refractivity contribution in [3.8, 4) is 0 Å². The highest BCUT2D eigenvalue weighted by Gasteiger charge is 2.12. The fourth-order valence-corrected chi connectivity index (χ4v) is 2.30. The molecule has 4 heteroatoms. The normalized spacial score (nSPS) is 14.4. The summed E-state index contributed by atoms with van der Waals surface area (Å²) in [6, 6.07) is 7.02. The number of halogens is 1. The Morgan fingerprint density at radius 3 is 2.62 bits per heavy atom. The van der Waals surface area contributed by atoms with Gasteiger partial charge in [0.15, 0.2) is 0 Å². The first kappa shape index (κ1) is 18.1. The van der Waals surface area contributed by atoms with Crippen molar-refractivity contribution < 1.29 is 9.50 Å². The van der Waals surface area contributed by atoms with Crippen LogP contribution >= 0.6 is 0 Å². The molecule has 0 saturated heterocycles. The Bertz CT molecular complexity index is 398. The van der Waals surface area contributed by atoms with Crippen LogP contribution in [0.15, 0.2) is 24.3 Å². The van der Waals surface area contributed by atoms with E-state index in [1.54, 1.807) is 12.1 Å². The van der Waals surface area contributed by atoms with Crippen LogP contribution in [0.3, 0.4) is 0 Å². The van der Waals surface area contributed by atoms with Gasteiger partial charge in [-0.2, -0.15) is 0 Å². The van der Waals surface area contributed by atoms with Crippen LogP contribution in [0.5, 0.6) is 0 Å². The average molecular weight is 296 g/mol. The Morgan fingerprint density at radius 1 is 1.29 bits per heavy atom. The zero-order valence-electron chi connectivity index (χ0n) is 13.5. The number of hydrogen-bond acceptors (Lipinski definition) is 3. The molecule has 0 heterocycles. The van der Waals surface area contributed by atoms with Gasteiger partial charge in [-0.3, -0.25) is 0 Å². The molecule has 1 aromatic rings. The number of aliphatic hydroxyl groups excluding tert-OH is 1. The summed E-state index contributed by atoms with van der Waals surface area (Å²) in [6.45, 7) is 6.67. The summed E-state index contributed by atoms with van der Waals surface area (Å²) in [5.74, 6) is -0.182. The van der Waals surface area contributed by atoms with Gasteiger partial charge in [0, 0.05) is 12.6 Å². The van der Waals surface area contributed by atoms with E-state index in [1.807, 2.05) is 13.0 Å². The topological polar surface area (TPSA) is 35.5 Å². The third kappa shape index (κ3) is 7.55. The molecule has 0 fully saturated rings. The SMILES string of the molecule is CCCNC(CCN(C)CCC(C)O)c1cccc(F)c1. The van der Waals surface area contributed by atoms with E-state index in [-0.39, 0.29) is 18.0 Å². The van der Waals surface area contributed by atoms with Crippen LogP contribution in [0.1, 0.15) is 44.7 Å². The molecule has 21 heavy (non-hydrogen) atoms. The Hall–Kier alpha value is -0.970. The van der Waals surface area contributed by atoms with E-state index in [4.69, 9.17) is 0 Å². The molecule has 0 aliphatic heterocycles. The molecular formula is C17H29FN2O. The van der Waals surface area contributed by atoms with Crippen molar-refractivity contribution >= 4 is 0 Å². The third-order valence-electron chi connectivity index (χ3n) is 3.62. The number of benzene rings is 1. The molecule has 3 nitrogen and oxygen atoms in total. The molecule has 120 valence electrons. The van der Waals surface area contributed by atoms with Crippen molar-refractivity contribution in [3.05, 3.63) is 35.6 Å². The molecule has 2 unspecified atom stereocenters. The standard InChI is InChI=1S/C17H29FN2O/c1-4-10-19-17(15-6-5-7-16(18)13-15)9-12-20(3)11-8-14(2)21/h5-7,13-14,17,19,21H,4,8-12H2,1-3H3. The van der Waals surface area contributed by atoms with Gasteiger partial charge in [-0.15, -0.1) is 0 Å². The average Bonchev–Trinajstić information content (AvgIpc) is 2.45. The van der Waals surface area contributed by atoms with Gasteiger partial charge in [-0.1, -0.05) is 19.1 Å². The van der Waals surface area contributed by atoms with Crippen molar-refractivity contribution in [2.24, 2.45) is 0 Å². The van der Waals surface area contributed by atoms with Gasteiger partial charge in [-0.05, 0) is 64.0 Å². The van der Waals surface area contributed by atoms with E-state index in [9.17, 15) is 9.50 Å². The molecule has 2 atom stereocenters. The zero-order valence-corrected chi connectivity index (χ0v) is 13.5. The molecular weight excluding hydrogens is 267 g/mol. The Balaban J connectivity index is 2.54. The highest BCUT2D eigenvalue weighted by molar-refractivity contribution is 5.20. The molecule has 0 aliphatic carbocycles. The number of hydrogen-bond donors (Lipinski definition) is 2. The van der Waals surface area contributed by atoms with E-state index in [0.717, 1.165) is 44.5 Å². The van der Waals surface area contributed by atoms with Crippen LogP contribution in [0.4, 0.5) is 4.39 Å². The van der Waals surface area contributed by atoms with E-state index in [0.29, 0.717) is 0 Å². The highest BCUT2D eigenvalue weighted by Crippen LogP contribution is 2.18. The molecule has 0 radical (unpaired) electrons. The summed E-state index contributed by atoms with van der Waals surface area (Å²) < 4.78 is 13.4. The highest BCUT2D eigenvalue weighted by atomic mass is 19.1. The molecule has 0 spiro atoms.